The standard InChI is InChI=1S/C17H14ClN3O4/c1-17(12-4-8-14(9-5-12)21(24)25)15(22)20(16(23)19-17)10-11-2-6-13(18)7-3-11/h2-9H,10H2,1H3,(H,19,23). The Balaban J connectivity index is 1.86. The van der Waals surface area contributed by atoms with Gasteiger partial charge in [-0.3, -0.25) is 19.8 Å². The van der Waals surface area contributed by atoms with Crippen molar-refractivity contribution in [1.29, 1.82) is 0 Å². The van der Waals surface area contributed by atoms with E-state index in [1.165, 1.54) is 24.3 Å². The first-order valence-electron chi connectivity index (χ1n) is 7.45. The third-order valence-corrected chi connectivity index (χ3v) is 4.44. The third-order valence-electron chi connectivity index (χ3n) is 4.18. The predicted octanol–water partition coefficient (Wildman–Crippen LogP) is 3.22. The van der Waals surface area contributed by atoms with Crippen LogP contribution < -0.4 is 5.32 Å². The van der Waals surface area contributed by atoms with E-state index in [-0.39, 0.29) is 12.2 Å². The minimum absolute atomic E-state index is 0.0813. The topological polar surface area (TPSA) is 92.6 Å². The molecule has 0 spiro atoms. The smallest absolute Gasteiger partial charge is 0.319 e. The van der Waals surface area contributed by atoms with E-state index in [0.717, 1.165) is 10.5 Å². The number of nitro benzene ring substituents is 1. The van der Waals surface area contributed by atoms with Gasteiger partial charge in [-0.05, 0) is 42.3 Å². The maximum atomic E-state index is 12.8. The maximum Gasteiger partial charge on any atom is 0.325 e. The fourth-order valence-corrected chi connectivity index (χ4v) is 2.85. The van der Waals surface area contributed by atoms with Crippen LogP contribution in [0.1, 0.15) is 18.1 Å². The van der Waals surface area contributed by atoms with Crippen LogP contribution >= 0.6 is 11.6 Å². The second kappa shape index (κ2) is 6.18. The number of carbonyl (C=O) groups excluding carboxylic acids is 2. The minimum atomic E-state index is -1.27. The van der Waals surface area contributed by atoms with Gasteiger partial charge in [0.2, 0.25) is 0 Å². The number of nitrogens with zero attached hydrogens (tertiary/aromatic N) is 2. The Morgan fingerprint density at radius 3 is 2.28 bits per heavy atom. The summed E-state index contributed by atoms with van der Waals surface area (Å²) in [5, 5.41) is 14.0. The molecule has 1 atom stereocenters. The van der Waals surface area contributed by atoms with Crippen LogP contribution in [0.2, 0.25) is 5.02 Å². The number of urea groups is 1. The van der Waals surface area contributed by atoms with Gasteiger partial charge in [-0.15, -0.1) is 0 Å². The summed E-state index contributed by atoms with van der Waals surface area (Å²) in [7, 11) is 0. The summed E-state index contributed by atoms with van der Waals surface area (Å²) in [5.74, 6) is -0.415. The molecule has 1 fully saturated rings. The van der Waals surface area contributed by atoms with Crippen molar-refractivity contribution in [1.82, 2.24) is 10.2 Å². The fraction of sp³-hybridized carbons (Fsp3) is 0.176. The molecule has 0 aliphatic carbocycles. The van der Waals surface area contributed by atoms with E-state index in [1.807, 2.05) is 0 Å². The lowest BCUT2D eigenvalue weighted by atomic mass is 9.92. The first kappa shape index (κ1) is 16.9. The van der Waals surface area contributed by atoms with Gasteiger partial charge in [-0.2, -0.15) is 0 Å². The normalized spacial score (nSPS) is 19.8. The Bertz CT molecular complexity index is 851. The average Bonchev–Trinajstić information content (AvgIpc) is 2.81. The fourth-order valence-electron chi connectivity index (χ4n) is 2.73. The van der Waals surface area contributed by atoms with E-state index in [4.69, 9.17) is 11.6 Å². The van der Waals surface area contributed by atoms with Crippen LogP contribution in [-0.4, -0.2) is 21.8 Å². The summed E-state index contributed by atoms with van der Waals surface area (Å²) < 4.78 is 0. The average molecular weight is 360 g/mol. The number of imide groups is 1. The van der Waals surface area contributed by atoms with Gasteiger partial charge in [-0.1, -0.05) is 23.7 Å². The number of benzene rings is 2. The second-order valence-electron chi connectivity index (χ2n) is 5.88. The number of rotatable bonds is 4. The molecule has 25 heavy (non-hydrogen) atoms. The number of amides is 3. The summed E-state index contributed by atoms with van der Waals surface area (Å²) in [6.07, 6.45) is 0. The molecule has 0 aromatic heterocycles. The molecule has 1 heterocycles. The molecule has 2 aromatic carbocycles. The SMILES string of the molecule is CC1(c2ccc([N+](=O)[O-])cc2)NC(=O)N(Cc2ccc(Cl)cc2)C1=O. The molecule has 0 saturated carbocycles. The zero-order chi connectivity index (χ0) is 18.2. The lowest BCUT2D eigenvalue weighted by molar-refractivity contribution is -0.384. The summed E-state index contributed by atoms with van der Waals surface area (Å²) in [4.78, 5) is 36.4. The third kappa shape index (κ3) is 3.06. The second-order valence-corrected chi connectivity index (χ2v) is 6.31. The summed E-state index contributed by atoms with van der Waals surface area (Å²) >= 11 is 5.84. The number of nitrogens with one attached hydrogen (secondary N) is 1. The molecule has 2 aromatic rings. The molecule has 1 saturated heterocycles. The van der Waals surface area contributed by atoms with Crippen LogP contribution in [0.3, 0.4) is 0 Å². The predicted molar refractivity (Wildman–Crippen MR) is 91.0 cm³/mol. The molecular formula is C17H14ClN3O4. The van der Waals surface area contributed by atoms with Gasteiger partial charge in [-0.25, -0.2) is 4.79 Å². The number of nitro groups is 1. The van der Waals surface area contributed by atoms with E-state index in [1.54, 1.807) is 31.2 Å². The van der Waals surface area contributed by atoms with Crippen molar-refractivity contribution in [3.05, 3.63) is 74.8 Å². The number of hydrogen-bond acceptors (Lipinski definition) is 4. The van der Waals surface area contributed by atoms with Crippen LogP contribution in [0.25, 0.3) is 0 Å². The maximum absolute atomic E-state index is 12.8. The molecule has 0 radical (unpaired) electrons. The van der Waals surface area contributed by atoms with Gasteiger partial charge in [0.05, 0.1) is 11.5 Å². The molecule has 7 nitrogen and oxygen atoms in total. The molecule has 128 valence electrons. The summed E-state index contributed by atoms with van der Waals surface area (Å²) in [6, 6.07) is 11.9. The van der Waals surface area contributed by atoms with Gasteiger partial charge in [0.1, 0.15) is 5.54 Å². The van der Waals surface area contributed by atoms with E-state index in [9.17, 15) is 19.7 Å². The van der Waals surface area contributed by atoms with Crippen molar-refractivity contribution in [2.45, 2.75) is 19.0 Å². The Morgan fingerprint density at radius 2 is 1.72 bits per heavy atom. The zero-order valence-corrected chi connectivity index (χ0v) is 14.0. The lowest BCUT2D eigenvalue weighted by Gasteiger charge is -2.22. The first-order valence-corrected chi connectivity index (χ1v) is 7.82. The molecular weight excluding hydrogens is 346 g/mol. The molecule has 3 rings (SSSR count). The first-order chi connectivity index (χ1) is 11.8. The van der Waals surface area contributed by atoms with E-state index in [0.29, 0.717) is 10.6 Å². The van der Waals surface area contributed by atoms with Crippen molar-refractivity contribution in [2.75, 3.05) is 0 Å². The van der Waals surface area contributed by atoms with Crippen LogP contribution in [0, 0.1) is 10.1 Å². The number of halogens is 1. The number of non-ortho nitro benzene ring substituents is 1. The quantitative estimate of drug-likeness (QED) is 0.515. The summed E-state index contributed by atoms with van der Waals surface area (Å²) in [6.45, 7) is 1.70. The highest BCUT2D eigenvalue weighted by Crippen LogP contribution is 2.31. The molecule has 1 N–H and O–H groups in total. The van der Waals surface area contributed by atoms with Crippen molar-refractivity contribution < 1.29 is 14.5 Å². The van der Waals surface area contributed by atoms with E-state index < -0.39 is 22.4 Å². The number of carbonyl (C=O) groups is 2. The van der Waals surface area contributed by atoms with Gasteiger partial charge >= 0.3 is 6.03 Å². The van der Waals surface area contributed by atoms with E-state index in [2.05, 4.69) is 5.32 Å². The monoisotopic (exact) mass is 359 g/mol. The van der Waals surface area contributed by atoms with E-state index >= 15 is 0 Å². The van der Waals surface area contributed by atoms with Gasteiger partial charge in [0, 0.05) is 17.2 Å². The Kier molecular flexibility index (Phi) is 4.18. The van der Waals surface area contributed by atoms with Crippen molar-refractivity contribution in [2.24, 2.45) is 0 Å². The van der Waals surface area contributed by atoms with Crippen LogP contribution in [-0.2, 0) is 16.9 Å². The van der Waals surface area contributed by atoms with Gasteiger partial charge in [0.15, 0.2) is 0 Å². The van der Waals surface area contributed by atoms with Crippen molar-refractivity contribution in [3.8, 4) is 0 Å². The van der Waals surface area contributed by atoms with Crippen LogP contribution in [0.5, 0.6) is 0 Å². The zero-order valence-electron chi connectivity index (χ0n) is 13.2. The largest absolute Gasteiger partial charge is 0.325 e. The highest BCUT2D eigenvalue weighted by atomic mass is 35.5. The minimum Gasteiger partial charge on any atom is -0.319 e. The van der Waals surface area contributed by atoms with Crippen LogP contribution in [0.15, 0.2) is 48.5 Å². The number of hydrogen-bond donors (Lipinski definition) is 1. The van der Waals surface area contributed by atoms with Gasteiger partial charge in [0.25, 0.3) is 11.6 Å². The van der Waals surface area contributed by atoms with Crippen LogP contribution in [0.4, 0.5) is 10.5 Å². The molecule has 1 unspecified atom stereocenters. The lowest BCUT2D eigenvalue weighted by Crippen LogP contribution is -2.40. The van der Waals surface area contributed by atoms with Crippen molar-refractivity contribution >= 4 is 29.2 Å². The Hall–Kier alpha value is -2.93. The Labute approximate surface area is 148 Å². The van der Waals surface area contributed by atoms with Crippen molar-refractivity contribution in [3.63, 3.8) is 0 Å². The highest BCUT2D eigenvalue weighted by Gasteiger charge is 2.48. The summed E-state index contributed by atoms with van der Waals surface area (Å²) in [5.41, 5.74) is -0.100. The molecule has 3 amide bonds. The Morgan fingerprint density at radius 1 is 1.12 bits per heavy atom. The van der Waals surface area contributed by atoms with Gasteiger partial charge < -0.3 is 5.32 Å². The highest BCUT2D eigenvalue weighted by molar-refractivity contribution is 6.30. The molecule has 0 bridgehead atoms. The molecule has 1 aliphatic heterocycles. The molecule has 1 aliphatic rings. The molecule has 8 heteroatoms.